The van der Waals surface area contributed by atoms with E-state index in [2.05, 4.69) is 22.8 Å². The maximum Gasteiger partial charge on any atom is 0.179 e. The van der Waals surface area contributed by atoms with Gasteiger partial charge in [-0.05, 0) is 13.1 Å². The maximum atomic E-state index is 8.65. The third-order valence-corrected chi connectivity index (χ3v) is 2.03. The predicted octanol–water partition coefficient (Wildman–Crippen LogP) is 0.133. The van der Waals surface area contributed by atoms with Crippen LogP contribution in [0.2, 0.25) is 0 Å². The lowest BCUT2D eigenvalue weighted by molar-refractivity contribution is 0.294. The standard InChI is InChI=1S/C8H14N4/c1-10-8-12-4-2-3-11(7-9)5-6-12/h1-6,8H2. The van der Waals surface area contributed by atoms with Crippen molar-refractivity contribution in [3.8, 4) is 6.19 Å². The number of hydrogen-bond acceptors (Lipinski definition) is 4. The van der Waals surface area contributed by atoms with E-state index in [4.69, 9.17) is 5.26 Å². The van der Waals surface area contributed by atoms with Gasteiger partial charge in [-0.25, -0.2) is 0 Å². The number of nitrogens with zero attached hydrogens (tertiary/aromatic N) is 4. The second kappa shape index (κ2) is 4.73. The molecule has 0 aromatic rings. The van der Waals surface area contributed by atoms with Gasteiger partial charge in [0.1, 0.15) is 0 Å². The van der Waals surface area contributed by atoms with Gasteiger partial charge in [-0.3, -0.25) is 9.89 Å². The van der Waals surface area contributed by atoms with E-state index in [1.54, 1.807) is 4.90 Å². The summed E-state index contributed by atoms with van der Waals surface area (Å²) in [6.07, 6.45) is 3.21. The van der Waals surface area contributed by atoms with Gasteiger partial charge in [-0.1, -0.05) is 0 Å². The molecule has 12 heavy (non-hydrogen) atoms. The van der Waals surface area contributed by atoms with Crippen molar-refractivity contribution >= 4 is 6.72 Å². The van der Waals surface area contributed by atoms with Gasteiger partial charge in [0.15, 0.2) is 6.19 Å². The van der Waals surface area contributed by atoms with E-state index in [0.29, 0.717) is 6.67 Å². The summed E-state index contributed by atoms with van der Waals surface area (Å²) in [6, 6.07) is 0. The van der Waals surface area contributed by atoms with Crippen molar-refractivity contribution < 1.29 is 0 Å². The highest BCUT2D eigenvalue weighted by atomic mass is 15.2. The van der Waals surface area contributed by atoms with Gasteiger partial charge in [-0.2, -0.15) is 5.26 Å². The zero-order chi connectivity index (χ0) is 8.81. The highest BCUT2D eigenvalue weighted by Gasteiger charge is 2.11. The fraction of sp³-hybridized carbons (Fsp3) is 0.750. The van der Waals surface area contributed by atoms with E-state index in [-0.39, 0.29) is 0 Å². The Balaban J connectivity index is 2.34. The zero-order valence-electron chi connectivity index (χ0n) is 7.24. The first-order valence-corrected chi connectivity index (χ1v) is 4.16. The Bertz CT molecular complexity index is 184. The molecule has 0 aromatic carbocycles. The molecule has 4 nitrogen and oxygen atoms in total. The minimum atomic E-state index is 0.694. The van der Waals surface area contributed by atoms with Crippen LogP contribution in [0.15, 0.2) is 4.99 Å². The zero-order valence-corrected chi connectivity index (χ0v) is 7.24. The van der Waals surface area contributed by atoms with E-state index >= 15 is 0 Å². The lowest BCUT2D eigenvalue weighted by Gasteiger charge is -2.16. The van der Waals surface area contributed by atoms with Crippen LogP contribution in [-0.2, 0) is 0 Å². The Morgan fingerprint density at radius 2 is 2.17 bits per heavy atom. The predicted molar refractivity (Wildman–Crippen MR) is 47.8 cm³/mol. The molecule has 66 valence electrons. The van der Waals surface area contributed by atoms with Crippen LogP contribution >= 0.6 is 0 Å². The monoisotopic (exact) mass is 166 g/mol. The molecular weight excluding hydrogens is 152 g/mol. The van der Waals surface area contributed by atoms with Crippen LogP contribution in [0.3, 0.4) is 0 Å². The van der Waals surface area contributed by atoms with Crippen molar-refractivity contribution in [1.29, 1.82) is 5.26 Å². The average Bonchev–Trinajstić information content (AvgIpc) is 2.31. The van der Waals surface area contributed by atoms with Crippen LogP contribution in [0, 0.1) is 11.5 Å². The summed E-state index contributed by atoms with van der Waals surface area (Å²) in [6.45, 7) is 7.80. The van der Waals surface area contributed by atoms with Crippen LogP contribution in [0.4, 0.5) is 0 Å². The van der Waals surface area contributed by atoms with Crippen molar-refractivity contribution in [1.82, 2.24) is 9.80 Å². The summed E-state index contributed by atoms with van der Waals surface area (Å²) in [5.41, 5.74) is 0. The molecule has 0 radical (unpaired) electrons. The molecule has 1 aliphatic heterocycles. The molecule has 0 saturated carbocycles. The van der Waals surface area contributed by atoms with Crippen LogP contribution in [-0.4, -0.2) is 49.4 Å². The molecule has 0 aliphatic carbocycles. The van der Waals surface area contributed by atoms with E-state index < -0.39 is 0 Å². The second-order valence-corrected chi connectivity index (χ2v) is 2.92. The number of aliphatic imine (C=N–C) groups is 1. The van der Waals surface area contributed by atoms with Gasteiger partial charge in [-0.15, -0.1) is 0 Å². The number of rotatable bonds is 2. The Morgan fingerprint density at radius 1 is 1.33 bits per heavy atom. The van der Waals surface area contributed by atoms with Crippen LogP contribution < -0.4 is 0 Å². The molecule has 1 aliphatic rings. The molecule has 0 atom stereocenters. The third-order valence-electron chi connectivity index (χ3n) is 2.03. The molecule has 1 rings (SSSR count). The molecule has 0 aromatic heterocycles. The van der Waals surface area contributed by atoms with Gasteiger partial charge in [0.2, 0.25) is 0 Å². The van der Waals surface area contributed by atoms with Crippen molar-refractivity contribution in [2.24, 2.45) is 4.99 Å². The van der Waals surface area contributed by atoms with Crippen LogP contribution in [0.5, 0.6) is 0 Å². The van der Waals surface area contributed by atoms with Crippen LogP contribution in [0.1, 0.15) is 6.42 Å². The molecule has 1 heterocycles. The molecule has 0 bridgehead atoms. The molecular formula is C8H14N4. The summed E-state index contributed by atoms with van der Waals surface area (Å²) in [5, 5.41) is 8.65. The number of nitriles is 1. The highest BCUT2D eigenvalue weighted by molar-refractivity contribution is 5.22. The lowest BCUT2D eigenvalue weighted by Crippen LogP contribution is -2.28. The normalized spacial score (nSPS) is 19.8. The lowest BCUT2D eigenvalue weighted by atomic mass is 10.4. The Labute approximate surface area is 73.1 Å². The van der Waals surface area contributed by atoms with Gasteiger partial charge >= 0.3 is 0 Å². The smallest absolute Gasteiger partial charge is 0.179 e. The molecule has 0 N–H and O–H groups in total. The molecule has 4 heteroatoms. The van der Waals surface area contributed by atoms with Crippen LogP contribution in [0.25, 0.3) is 0 Å². The average molecular weight is 166 g/mol. The number of hydrogen-bond donors (Lipinski definition) is 0. The minimum Gasteiger partial charge on any atom is -0.309 e. The van der Waals surface area contributed by atoms with Gasteiger partial charge in [0, 0.05) is 26.2 Å². The fourth-order valence-corrected chi connectivity index (χ4v) is 1.35. The summed E-state index contributed by atoms with van der Waals surface area (Å²) >= 11 is 0. The molecule has 1 fully saturated rings. The molecule has 0 unspecified atom stereocenters. The minimum absolute atomic E-state index is 0.694. The molecule has 0 amide bonds. The first kappa shape index (κ1) is 9.01. The Morgan fingerprint density at radius 3 is 2.83 bits per heavy atom. The fourth-order valence-electron chi connectivity index (χ4n) is 1.35. The van der Waals surface area contributed by atoms with Gasteiger partial charge in [0.25, 0.3) is 0 Å². The third kappa shape index (κ3) is 2.51. The van der Waals surface area contributed by atoms with Crippen molar-refractivity contribution in [3.05, 3.63) is 0 Å². The summed E-state index contributed by atoms with van der Waals surface area (Å²) in [5.74, 6) is 0. The SMILES string of the molecule is C=NCN1CCCN(C#N)CC1. The van der Waals surface area contributed by atoms with E-state index in [1.165, 1.54) is 0 Å². The molecule has 1 saturated heterocycles. The van der Waals surface area contributed by atoms with E-state index in [9.17, 15) is 0 Å². The Kier molecular flexibility index (Phi) is 3.55. The maximum absolute atomic E-state index is 8.65. The van der Waals surface area contributed by atoms with Crippen molar-refractivity contribution in [2.75, 3.05) is 32.8 Å². The van der Waals surface area contributed by atoms with Crippen molar-refractivity contribution in [3.63, 3.8) is 0 Å². The first-order valence-electron chi connectivity index (χ1n) is 4.16. The van der Waals surface area contributed by atoms with E-state index in [0.717, 1.165) is 32.6 Å². The van der Waals surface area contributed by atoms with Gasteiger partial charge in [0.05, 0.1) is 6.67 Å². The second-order valence-electron chi connectivity index (χ2n) is 2.92. The highest BCUT2D eigenvalue weighted by Crippen LogP contribution is 2.00. The largest absolute Gasteiger partial charge is 0.309 e. The topological polar surface area (TPSA) is 42.6 Å². The summed E-state index contributed by atoms with van der Waals surface area (Å²) < 4.78 is 0. The van der Waals surface area contributed by atoms with Gasteiger partial charge < -0.3 is 4.90 Å². The summed E-state index contributed by atoms with van der Waals surface area (Å²) in [7, 11) is 0. The van der Waals surface area contributed by atoms with E-state index in [1.807, 2.05) is 0 Å². The quantitative estimate of drug-likeness (QED) is 0.432. The summed E-state index contributed by atoms with van der Waals surface area (Å²) in [4.78, 5) is 7.83. The Hall–Kier alpha value is -1.08. The first-order chi connectivity index (χ1) is 5.86. The molecule has 0 spiro atoms. The van der Waals surface area contributed by atoms with Crippen molar-refractivity contribution in [2.45, 2.75) is 6.42 Å².